The first-order valence-electron chi connectivity index (χ1n) is 8.70. The molecule has 1 aliphatic heterocycles. The van der Waals surface area contributed by atoms with Crippen molar-refractivity contribution in [2.24, 2.45) is 0 Å². The molecule has 1 atom stereocenters. The Kier molecular flexibility index (Phi) is 4.18. The van der Waals surface area contributed by atoms with Gasteiger partial charge in [0.1, 0.15) is 11.9 Å². The minimum absolute atomic E-state index is 0.117. The highest BCUT2D eigenvalue weighted by Gasteiger charge is 2.24. The zero-order valence-electron chi connectivity index (χ0n) is 14.5. The first-order valence-corrected chi connectivity index (χ1v) is 9.08. The van der Waals surface area contributed by atoms with E-state index in [2.05, 4.69) is 15.2 Å². The summed E-state index contributed by atoms with van der Waals surface area (Å²) in [6, 6.07) is 15.7. The van der Waals surface area contributed by atoms with Crippen molar-refractivity contribution in [3.8, 4) is 23.0 Å². The van der Waals surface area contributed by atoms with E-state index < -0.39 is 5.82 Å². The van der Waals surface area contributed by atoms with Crippen LogP contribution in [0, 0.1) is 5.82 Å². The Morgan fingerprint density at radius 2 is 1.93 bits per heavy atom. The summed E-state index contributed by atoms with van der Waals surface area (Å²) in [5.74, 6) is 0.0238. The molecule has 0 saturated carbocycles. The van der Waals surface area contributed by atoms with Crippen LogP contribution in [-0.4, -0.2) is 19.9 Å². The summed E-state index contributed by atoms with van der Waals surface area (Å²) >= 11 is 5.95. The smallest absolute Gasteiger partial charge is 0.278 e. The van der Waals surface area contributed by atoms with Crippen LogP contribution in [0.5, 0.6) is 0 Å². The van der Waals surface area contributed by atoms with E-state index in [9.17, 15) is 4.39 Å². The maximum atomic E-state index is 13.9. The number of fused-ring (bicyclic) bond motifs is 1. The average molecular weight is 397 g/mol. The predicted molar refractivity (Wildman–Crippen MR) is 99.9 cm³/mol. The maximum Gasteiger partial charge on any atom is 0.278 e. The highest BCUT2D eigenvalue weighted by Crippen LogP contribution is 2.30. The van der Waals surface area contributed by atoms with Crippen LogP contribution in [0.3, 0.4) is 0 Å². The summed E-state index contributed by atoms with van der Waals surface area (Å²) in [6.45, 7) is 0.972. The van der Waals surface area contributed by atoms with Gasteiger partial charge >= 0.3 is 0 Å². The quantitative estimate of drug-likeness (QED) is 0.503. The summed E-state index contributed by atoms with van der Waals surface area (Å²) in [6.07, 6.45) is -0.117. The summed E-state index contributed by atoms with van der Waals surface area (Å²) < 4.78 is 27.1. The lowest BCUT2D eigenvalue weighted by Crippen LogP contribution is -2.21. The number of benzene rings is 2. The van der Waals surface area contributed by atoms with Gasteiger partial charge in [0.2, 0.25) is 5.82 Å². The third-order valence-corrected chi connectivity index (χ3v) is 4.89. The molecule has 0 N–H and O–H groups in total. The molecule has 0 aliphatic carbocycles. The molecule has 0 fully saturated rings. The Bertz CT molecular complexity index is 1140. The van der Waals surface area contributed by atoms with E-state index in [1.807, 2.05) is 35.0 Å². The van der Waals surface area contributed by atoms with E-state index >= 15 is 0 Å². The van der Waals surface area contributed by atoms with Crippen LogP contribution < -0.4 is 0 Å². The van der Waals surface area contributed by atoms with E-state index in [1.54, 1.807) is 18.2 Å². The molecule has 5 rings (SSSR count). The van der Waals surface area contributed by atoms with Gasteiger partial charge in [-0.1, -0.05) is 41.0 Å². The van der Waals surface area contributed by atoms with Gasteiger partial charge in [-0.05, 0) is 35.9 Å². The van der Waals surface area contributed by atoms with Crippen LogP contribution in [-0.2, 0) is 17.9 Å². The molecule has 4 aromatic rings. The second-order valence-electron chi connectivity index (χ2n) is 6.46. The summed E-state index contributed by atoms with van der Waals surface area (Å²) in [4.78, 5) is 4.29. The first kappa shape index (κ1) is 17.1. The summed E-state index contributed by atoms with van der Waals surface area (Å²) in [7, 11) is 0. The third kappa shape index (κ3) is 3.08. The normalized spacial score (nSPS) is 16.1. The van der Waals surface area contributed by atoms with Gasteiger partial charge in [0.05, 0.1) is 24.4 Å². The molecule has 8 heteroatoms. The molecule has 1 aliphatic rings. The number of rotatable bonds is 3. The zero-order valence-corrected chi connectivity index (χ0v) is 15.3. The van der Waals surface area contributed by atoms with Gasteiger partial charge in [-0.2, -0.15) is 10.1 Å². The lowest BCUT2D eigenvalue weighted by molar-refractivity contribution is -0.00112. The predicted octanol–water partition coefficient (Wildman–Crippen LogP) is 4.66. The van der Waals surface area contributed by atoms with E-state index in [4.69, 9.17) is 20.9 Å². The van der Waals surface area contributed by atoms with Crippen LogP contribution in [0.1, 0.15) is 17.4 Å². The Morgan fingerprint density at radius 1 is 1.11 bits per heavy atom. The van der Waals surface area contributed by atoms with Gasteiger partial charge in [-0.25, -0.2) is 4.39 Å². The number of hydrogen-bond donors (Lipinski definition) is 0. The van der Waals surface area contributed by atoms with Crippen molar-refractivity contribution in [2.45, 2.75) is 19.3 Å². The van der Waals surface area contributed by atoms with Crippen molar-refractivity contribution in [2.75, 3.05) is 0 Å². The Hall–Kier alpha value is -3.03. The van der Waals surface area contributed by atoms with Gasteiger partial charge in [0, 0.05) is 5.02 Å². The van der Waals surface area contributed by atoms with Crippen molar-refractivity contribution in [3.05, 3.63) is 76.7 Å². The van der Waals surface area contributed by atoms with Crippen LogP contribution in [0.4, 0.5) is 4.39 Å². The second kappa shape index (κ2) is 6.85. The van der Waals surface area contributed by atoms with Gasteiger partial charge in [0.25, 0.3) is 5.89 Å². The summed E-state index contributed by atoms with van der Waals surface area (Å²) in [5, 5.41) is 9.13. The van der Waals surface area contributed by atoms with Crippen molar-refractivity contribution in [1.82, 2.24) is 19.9 Å². The van der Waals surface area contributed by atoms with E-state index in [0.29, 0.717) is 23.9 Å². The Balaban J connectivity index is 1.41. The van der Waals surface area contributed by atoms with Gasteiger partial charge in [-0.15, -0.1) is 0 Å². The molecule has 28 heavy (non-hydrogen) atoms. The van der Waals surface area contributed by atoms with Crippen molar-refractivity contribution < 1.29 is 13.7 Å². The van der Waals surface area contributed by atoms with E-state index in [-0.39, 0.29) is 23.4 Å². The van der Waals surface area contributed by atoms with Gasteiger partial charge in [-0.3, -0.25) is 4.68 Å². The minimum atomic E-state index is -0.404. The van der Waals surface area contributed by atoms with Crippen molar-refractivity contribution in [1.29, 1.82) is 0 Å². The molecule has 0 unspecified atom stereocenters. The molecule has 6 nitrogen and oxygen atoms in total. The largest absolute Gasteiger partial charge is 0.365 e. The number of ether oxygens (including phenoxy) is 1. The Labute approximate surface area is 164 Å². The lowest BCUT2D eigenvalue weighted by atomic mass is 10.1. The number of aromatic nitrogens is 4. The molecule has 140 valence electrons. The molecule has 0 radical (unpaired) electrons. The highest BCUT2D eigenvalue weighted by molar-refractivity contribution is 6.30. The van der Waals surface area contributed by atoms with Gasteiger partial charge < -0.3 is 9.26 Å². The SMILES string of the molecule is Fc1ccccc1-c1noc(-c2cc3n(n2)C[C@H](c2ccc(Cl)cc2)OC3)n1. The second-order valence-corrected chi connectivity index (χ2v) is 6.89. The fraction of sp³-hybridized carbons (Fsp3) is 0.150. The van der Waals surface area contributed by atoms with Crippen LogP contribution in [0.15, 0.2) is 59.1 Å². The molecular formula is C20H14ClFN4O2. The average Bonchev–Trinajstić information content (AvgIpc) is 3.35. The lowest BCUT2D eigenvalue weighted by Gasteiger charge is -2.24. The number of nitrogens with zero attached hydrogens (tertiary/aromatic N) is 4. The molecule has 2 aromatic heterocycles. The van der Waals surface area contributed by atoms with Crippen molar-refractivity contribution >= 4 is 11.6 Å². The Morgan fingerprint density at radius 3 is 2.75 bits per heavy atom. The first-order chi connectivity index (χ1) is 13.7. The van der Waals surface area contributed by atoms with Crippen molar-refractivity contribution in [3.63, 3.8) is 0 Å². The van der Waals surface area contributed by atoms with Crippen LogP contribution >= 0.6 is 11.6 Å². The zero-order chi connectivity index (χ0) is 19.1. The molecule has 3 heterocycles. The number of halogens is 2. The topological polar surface area (TPSA) is 66.0 Å². The third-order valence-electron chi connectivity index (χ3n) is 4.64. The molecule has 0 bridgehead atoms. The van der Waals surface area contributed by atoms with E-state index in [0.717, 1.165) is 11.3 Å². The van der Waals surface area contributed by atoms with Crippen LogP contribution in [0.2, 0.25) is 5.02 Å². The van der Waals surface area contributed by atoms with E-state index in [1.165, 1.54) is 6.07 Å². The maximum absolute atomic E-state index is 13.9. The standard InChI is InChI=1S/C20H14ClFN4O2/c21-13-7-5-12(6-8-13)18-10-26-14(11-27-18)9-17(24-26)20-23-19(25-28-20)15-3-1-2-4-16(15)22/h1-9,18H,10-11H2/t18-/m1/s1. The molecule has 2 aromatic carbocycles. The van der Waals surface area contributed by atoms with Crippen LogP contribution in [0.25, 0.3) is 23.0 Å². The number of hydrogen-bond acceptors (Lipinski definition) is 5. The molecule has 0 spiro atoms. The minimum Gasteiger partial charge on any atom is -0.365 e. The fourth-order valence-electron chi connectivity index (χ4n) is 3.19. The molecule has 0 saturated heterocycles. The molecule has 0 amide bonds. The fourth-order valence-corrected chi connectivity index (χ4v) is 3.31. The summed E-state index contributed by atoms with van der Waals surface area (Å²) in [5.41, 5.74) is 2.76. The molecular weight excluding hydrogens is 383 g/mol. The monoisotopic (exact) mass is 396 g/mol. The highest BCUT2D eigenvalue weighted by atomic mass is 35.5. The van der Waals surface area contributed by atoms with Gasteiger partial charge in [0.15, 0.2) is 5.69 Å².